The van der Waals surface area contributed by atoms with Crippen LogP contribution in [0.25, 0.3) is 0 Å². The summed E-state index contributed by atoms with van der Waals surface area (Å²) >= 11 is 2.66. The van der Waals surface area contributed by atoms with Crippen LogP contribution in [0.1, 0.15) is 13.3 Å². The fraction of sp³-hybridized carbons (Fsp3) is 0.900. The summed E-state index contributed by atoms with van der Waals surface area (Å²) in [5, 5.41) is 0. The Balaban J connectivity index is 2.44. The van der Waals surface area contributed by atoms with Gasteiger partial charge in [-0.2, -0.15) is 13.2 Å². The van der Waals surface area contributed by atoms with E-state index in [4.69, 9.17) is 0 Å². The molecule has 7 heteroatoms. The van der Waals surface area contributed by atoms with Crippen molar-refractivity contribution in [1.29, 1.82) is 0 Å². The fourth-order valence-corrected chi connectivity index (χ4v) is 2.21. The summed E-state index contributed by atoms with van der Waals surface area (Å²) < 4.78 is 37.1. The molecule has 1 atom stereocenters. The van der Waals surface area contributed by atoms with Gasteiger partial charge in [-0.15, -0.1) is 0 Å². The molecule has 1 aliphatic heterocycles. The summed E-state index contributed by atoms with van der Waals surface area (Å²) in [6.45, 7) is 3.66. The Labute approximate surface area is 107 Å². The highest BCUT2D eigenvalue weighted by atomic mass is 79.9. The maximum absolute atomic E-state index is 12.4. The number of alkyl halides is 4. The molecule has 0 aromatic carbocycles. The predicted molar refractivity (Wildman–Crippen MR) is 62.1 cm³/mol. The number of halogens is 4. The molecule has 0 saturated carbocycles. The minimum Gasteiger partial charge on any atom is -0.342 e. The van der Waals surface area contributed by atoms with Crippen LogP contribution in [-0.4, -0.2) is 59.4 Å². The third kappa shape index (κ3) is 4.83. The van der Waals surface area contributed by atoms with Gasteiger partial charge in [-0.1, -0.05) is 15.9 Å². The quantitative estimate of drug-likeness (QED) is 0.726. The number of rotatable bonds is 2. The van der Waals surface area contributed by atoms with Gasteiger partial charge in [-0.25, -0.2) is 0 Å². The van der Waals surface area contributed by atoms with E-state index in [9.17, 15) is 18.0 Å². The number of amides is 1. The van der Waals surface area contributed by atoms with Gasteiger partial charge in [0.2, 0.25) is 5.91 Å². The Morgan fingerprint density at radius 1 is 1.29 bits per heavy atom. The van der Waals surface area contributed by atoms with E-state index in [2.05, 4.69) is 15.9 Å². The Bertz CT molecular complexity index is 273. The zero-order valence-corrected chi connectivity index (χ0v) is 11.2. The molecule has 1 unspecified atom stereocenters. The molecule has 100 valence electrons. The highest BCUT2D eigenvalue weighted by molar-refractivity contribution is 9.09. The number of carbonyl (C=O) groups excluding carboxylic acids is 1. The summed E-state index contributed by atoms with van der Waals surface area (Å²) in [6, 6.07) is 0. The van der Waals surface area contributed by atoms with Crippen molar-refractivity contribution in [2.24, 2.45) is 0 Å². The lowest BCUT2D eigenvalue weighted by Crippen LogP contribution is -2.39. The maximum atomic E-state index is 12.4. The van der Waals surface area contributed by atoms with Crippen LogP contribution in [0.5, 0.6) is 0 Å². The van der Waals surface area contributed by atoms with E-state index >= 15 is 0 Å². The van der Waals surface area contributed by atoms with Gasteiger partial charge in [0.25, 0.3) is 0 Å². The van der Waals surface area contributed by atoms with Crippen molar-refractivity contribution >= 4 is 21.8 Å². The molecule has 3 nitrogen and oxygen atoms in total. The lowest BCUT2D eigenvalue weighted by atomic mass is 10.3. The van der Waals surface area contributed by atoms with Gasteiger partial charge in [-0.05, 0) is 13.0 Å². The molecule has 0 aliphatic carbocycles. The van der Waals surface area contributed by atoms with E-state index in [1.165, 1.54) is 6.92 Å². The van der Waals surface area contributed by atoms with E-state index in [1.807, 2.05) is 0 Å². The second-order valence-electron chi connectivity index (χ2n) is 4.17. The summed E-state index contributed by atoms with van der Waals surface area (Å²) in [6.07, 6.45) is -3.50. The van der Waals surface area contributed by atoms with E-state index in [1.54, 1.807) is 9.80 Å². The minimum atomic E-state index is -4.22. The number of nitrogens with zero attached hydrogens (tertiary/aromatic N) is 2. The van der Waals surface area contributed by atoms with Crippen LogP contribution in [0, 0.1) is 0 Å². The van der Waals surface area contributed by atoms with E-state index in [-0.39, 0.29) is 12.5 Å². The summed E-state index contributed by atoms with van der Waals surface area (Å²) in [4.78, 5) is 13.1. The van der Waals surface area contributed by atoms with Crippen molar-refractivity contribution in [2.45, 2.75) is 24.3 Å². The van der Waals surface area contributed by atoms with Crippen LogP contribution in [0.4, 0.5) is 13.2 Å². The highest BCUT2D eigenvalue weighted by Gasteiger charge is 2.38. The largest absolute Gasteiger partial charge is 0.402 e. The zero-order chi connectivity index (χ0) is 13.1. The van der Waals surface area contributed by atoms with Crippen molar-refractivity contribution < 1.29 is 18.0 Å². The first-order chi connectivity index (χ1) is 7.80. The predicted octanol–water partition coefficient (Wildman–Crippen LogP) is 1.87. The van der Waals surface area contributed by atoms with Crippen LogP contribution >= 0.6 is 15.9 Å². The number of hydrogen-bond donors (Lipinski definition) is 0. The van der Waals surface area contributed by atoms with Gasteiger partial charge >= 0.3 is 6.18 Å². The van der Waals surface area contributed by atoms with Gasteiger partial charge in [0, 0.05) is 33.1 Å². The van der Waals surface area contributed by atoms with Gasteiger partial charge in [0.1, 0.15) is 4.83 Å². The standard InChI is InChI=1S/C10H16BrF3N2O/c1-8(17)16-4-2-3-15(5-6-16)7-9(11)10(12,13)14/h9H,2-7H2,1H3. The topological polar surface area (TPSA) is 23.6 Å². The molecule has 1 fully saturated rings. The average molecular weight is 317 g/mol. The van der Waals surface area contributed by atoms with Gasteiger partial charge in [0.15, 0.2) is 0 Å². The van der Waals surface area contributed by atoms with Crippen LogP contribution in [0.3, 0.4) is 0 Å². The summed E-state index contributed by atoms with van der Waals surface area (Å²) in [5.74, 6) is -0.0157. The second-order valence-corrected chi connectivity index (χ2v) is 5.27. The second kappa shape index (κ2) is 6.04. The lowest BCUT2D eigenvalue weighted by molar-refractivity contribution is -0.131. The molecule has 1 aliphatic rings. The zero-order valence-electron chi connectivity index (χ0n) is 9.63. The Kier molecular flexibility index (Phi) is 5.24. The van der Waals surface area contributed by atoms with Gasteiger partial charge < -0.3 is 9.80 Å². The summed E-state index contributed by atoms with van der Waals surface area (Å²) in [7, 11) is 0. The van der Waals surface area contributed by atoms with Crippen molar-refractivity contribution in [3.63, 3.8) is 0 Å². The SMILES string of the molecule is CC(=O)N1CCCN(CC(Br)C(F)(F)F)CC1. The van der Waals surface area contributed by atoms with Crippen molar-refractivity contribution in [1.82, 2.24) is 9.80 Å². The van der Waals surface area contributed by atoms with Crippen molar-refractivity contribution in [3.05, 3.63) is 0 Å². The molecule has 0 spiro atoms. The monoisotopic (exact) mass is 316 g/mol. The van der Waals surface area contributed by atoms with Crippen molar-refractivity contribution in [3.8, 4) is 0 Å². The summed E-state index contributed by atoms with van der Waals surface area (Å²) in [5.41, 5.74) is 0. The Hall–Kier alpha value is -0.300. The van der Waals surface area contributed by atoms with E-state index in [0.29, 0.717) is 26.2 Å². The van der Waals surface area contributed by atoms with Crippen LogP contribution in [0.15, 0.2) is 0 Å². The van der Waals surface area contributed by atoms with E-state index < -0.39 is 11.0 Å². The van der Waals surface area contributed by atoms with Gasteiger partial charge in [-0.3, -0.25) is 4.79 Å². The molecule has 1 rings (SSSR count). The average Bonchev–Trinajstić information content (AvgIpc) is 2.41. The van der Waals surface area contributed by atoms with Crippen LogP contribution < -0.4 is 0 Å². The number of carbonyl (C=O) groups is 1. The molecule has 0 aromatic heterocycles. The molecule has 1 heterocycles. The van der Waals surface area contributed by atoms with Crippen LogP contribution in [0.2, 0.25) is 0 Å². The Morgan fingerprint density at radius 3 is 2.47 bits per heavy atom. The van der Waals surface area contributed by atoms with E-state index in [0.717, 1.165) is 6.42 Å². The minimum absolute atomic E-state index is 0.0157. The molecule has 0 aromatic rings. The first kappa shape index (κ1) is 14.8. The Morgan fingerprint density at radius 2 is 1.94 bits per heavy atom. The van der Waals surface area contributed by atoms with Crippen LogP contribution in [-0.2, 0) is 4.79 Å². The first-order valence-electron chi connectivity index (χ1n) is 5.49. The molecule has 1 saturated heterocycles. The molecule has 1 amide bonds. The third-order valence-electron chi connectivity index (χ3n) is 2.81. The molecule has 0 N–H and O–H groups in total. The fourth-order valence-electron chi connectivity index (χ4n) is 1.80. The molecule has 17 heavy (non-hydrogen) atoms. The third-order valence-corrected chi connectivity index (χ3v) is 3.62. The normalized spacial score (nSPS) is 21.1. The molecular weight excluding hydrogens is 301 g/mol. The van der Waals surface area contributed by atoms with Crippen molar-refractivity contribution in [2.75, 3.05) is 32.7 Å². The molecular formula is C10H16BrF3N2O. The lowest BCUT2D eigenvalue weighted by Gasteiger charge is -2.24. The smallest absolute Gasteiger partial charge is 0.342 e. The van der Waals surface area contributed by atoms with Gasteiger partial charge in [0.05, 0.1) is 0 Å². The molecule has 0 bridgehead atoms. The first-order valence-corrected chi connectivity index (χ1v) is 6.41. The highest BCUT2D eigenvalue weighted by Crippen LogP contribution is 2.27. The number of hydrogen-bond acceptors (Lipinski definition) is 2. The molecule has 0 radical (unpaired) electrons. The maximum Gasteiger partial charge on any atom is 0.402 e.